The molecule has 1 heteroatoms. The van der Waals surface area contributed by atoms with Crippen LogP contribution in [0.25, 0.3) is 0 Å². The number of ether oxygens (including phenoxy) is 1. The molecule has 4 rings (SSSR count). The van der Waals surface area contributed by atoms with Crippen molar-refractivity contribution >= 4 is 0 Å². The lowest BCUT2D eigenvalue weighted by Gasteiger charge is -2.62. The van der Waals surface area contributed by atoms with Crippen molar-refractivity contribution in [2.45, 2.75) is 24.7 Å². The van der Waals surface area contributed by atoms with E-state index in [1.165, 1.54) is 24.8 Å². The maximum absolute atomic E-state index is 5.39. The molecule has 3 aliphatic rings. The zero-order valence-electron chi connectivity index (χ0n) is 7.92. The summed E-state index contributed by atoms with van der Waals surface area (Å²) in [5, 5.41) is 0. The number of benzene rings is 1. The summed E-state index contributed by atoms with van der Waals surface area (Å²) in [6, 6.07) is 8.48. The Hall–Kier alpha value is -0.980. The fraction of sp³-hybridized carbons (Fsp3) is 0.500. The van der Waals surface area contributed by atoms with Crippen LogP contribution >= 0.6 is 0 Å². The molecule has 0 unspecified atom stereocenters. The summed E-state index contributed by atoms with van der Waals surface area (Å²) in [7, 11) is 1.77. The van der Waals surface area contributed by atoms with E-state index in [4.69, 9.17) is 4.74 Å². The molecule has 1 nitrogen and oxygen atoms in total. The quantitative estimate of drug-likeness (QED) is 0.670. The van der Waals surface area contributed by atoms with Gasteiger partial charge in [-0.15, -0.1) is 0 Å². The highest BCUT2D eigenvalue weighted by Gasteiger charge is 2.58. The van der Waals surface area contributed by atoms with Crippen molar-refractivity contribution < 1.29 is 4.74 Å². The number of hydrogen-bond donors (Lipinski definition) is 0. The lowest BCUT2D eigenvalue weighted by atomic mass is 9.42. The predicted octanol–water partition coefficient (Wildman–Crippen LogP) is 2.75. The van der Waals surface area contributed by atoms with E-state index in [0.717, 1.165) is 11.7 Å². The third-order valence-electron chi connectivity index (χ3n) is 3.72. The fourth-order valence-corrected chi connectivity index (χ4v) is 2.89. The molecule has 0 radical (unpaired) electrons. The highest BCUT2D eigenvalue weighted by molar-refractivity contribution is 5.44. The Kier molecular flexibility index (Phi) is 1.30. The lowest BCUT2D eigenvalue weighted by Crippen LogP contribution is -2.55. The summed E-state index contributed by atoms with van der Waals surface area (Å²) in [4.78, 5) is 0. The Morgan fingerprint density at radius 2 is 1.92 bits per heavy atom. The molecule has 0 heterocycles. The topological polar surface area (TPSA) is 9.23 Å². The first-order chi connectivity index (χ1) is 6.34. The van der Waals surface area contributed by atoms with Gasteiger partial charge in [0.05, 0.1) is 7.11 Å². The summed E-state index contributed by atoms with van der Waals surface area (Å²) in [6.07, 6.45) is 4.19. The molecule has 0 atom stereocenters. The standard InChI is InChI=1S/C12H14O/c1-13-11-5-3-2-4-10(11)12-6-9(7-12)8-12/h2-5,9H,6-8H2,1H3. The van der Waals surface area contributed by atoms with E-state index in [1.54, 1.807) is 7.11 Å². The first-order valence-electron chi connectivity index (χ1n) is 4.98. The van der Waals surface area contributed by atoms with Gasteiger partial charge < -0.3 is 4.74 Å². The normalized spacial score (nSPS) is 34.7. The summed E-state index contributed by atoms with van der Waals surface area (Å²) in [6.45, 7) is 0. The molecule has 1 aromatic rings. The lowest BCUT2D eigenvalue weighted by molar-refractivity contribution is -0.0289. The number of hydrogen-bond acceptors (Lipinski definition) is 1. The van der Waals surface area contributed by atoms with Gasteiger partial charge in [-0.05, 0) is 36.7 Å². The Morgan fingerprint density at radius 3 is 2.46 bits per heavy atom. The number of para-hydroxylation sites is 1. The number of methoxy groups -OCH3 is 1. The van der Waals surface area contributed by atoms with Crippen LogP contribution in [0.3, 0.4) is 0 Å². The monoisotopic (exact) mass is 174 g/mol. The van der Waals surface area contributed by atoms with Gasteiger partial charge in [0.25, 0.3) is 0 Å². The summed E-state index contributed by atoms with van der Waals surface area (Å²) in [5.74, 6) is 2.12. The van der Waals surface area contributed by atoms with Crippen molar-refractivity contribution in [3.63, 3.8) is 0 Å². The Morgan fingerprint density at radius 1 is 1.23 bits per heavy atom. The van der Waals surface area contributed by atoms with Gasteiger partial charge in [-0.1, -0.05) is 18.2 Å². The molecule has 68 valence electrons. The van der Waals surface area contributed by atoms with Crippen LogP contribution in [0.5, 0.6) is 5.75 Å². The van der Waals surface area contributed by atoms with Crippen LogP contribution in [0.1, 0.15) is 24.8 Å². The molecule has 0 saturated heterocycles. The Labute approximate surface area is 78.7 Å². The van der Waals surface area contributed by atoms with Gasteiger partial charge in [0.15, 0.2) is 0 Å². The third kappa shape index (κ3) is 0.822. The molecule has 0 amide bonds. The minimum absolute atomic E-state index is 0.525. The first-order valence-corrected chi connectivity index (χ1v) is 4.98. The average Bonchev–Trinajstić information content (AvgIpc) is 2.00. The van der Waals surface area contributed by atoms with Gasteiger partial charge in [-0.2, -0.15) is 0 Å². The molecule has 0 spiro atoms. The van der Waals surface area contributed by atoms with E-state index in [2.05, 4.69) is 18.2 Å². The number of rotatable bonds is 2. The van der Waals surface area contributed by atoms with E-state index in [0.29, 0.717) is 5.41 Å². The van der Waals surface area contributed by atoms with Crippen LogP contribution in [0, 0.1) is 5.92 Å². The van der Waals surface area contributed by atoms with Crippen LogP contribution in [-0.4, -0.2) is 7.11 Å². The molecule has 13 heavy (non-hydrogen) atoms. The SMILES string of the molecule is COc1ccccc1C12CC(C1)C2. The maximum atomic E-state index is 5.39. The van der Waals surface area contributed by atoms with E-state index in [-0.39, 0.29) is 0 Å². The second-order valence-corrected chi connectivity index (χ2v) is 4.46. The summed E-state index contributed by atoms with van der Waals surface area (Å²) < 4.78 is 5.39. The van der Waals surface area contributed by atoms with Gasteiger partial charge in [0.1, 0.15) is 5.75 Å². The Balaban J connectivity index is 2.03. The van der Waals surface area contributed by atoms with Crippen LogP contribution in [0.2, 0.25) is 0 Å². The minimum atomic E-state index is 0.525. The zero-order valence-corrected chi connectivity index (χ0v) is 7.92. The molecule has 2 bridgehead atoms. The molecule has 3 fully saturated rings. The van der Waals surface area contributed by atoms with Crippen LogP contribution in [0.15, 0.2) is 24.3 Å². The van der Waals surface area contributed by atoms with Crippen molar-refractivity contribution in [2.75, 3.05) is 7.11 Å². The van der Waals surface area contributed by atoms with Crippen LogP contribution in [-0.2, 0) is 5.41 Å². The first kappa shape index (κ1) is 7.43. The average molecular weight is 174 g/mol. The molecule has 1 aromatic carbocycles. The van der Waals surface area contributed by atoms with Crippen LogP contribution < -0.4 is 4.74 Å². The van der Waals surface area contributed by atoms with Crippen molar-refractivity contribution in [1.29, 1.82) is 0 Å². The molecule has 0 N–H and O–H groups in total. The molecular formula is C12H14O. The summed E-state index contributed by atoms with van der Waals surface area (Å²) in [5.41, 5.74) is 1.97. The van der Waals surface area contributed by atoms with Crippen molar-refractivity contribution in [1.82, 2.24) is 0 Å². The second kappa shape index (κ2) is 2.28. The second-order valence-electron chi connectivity index (χ2n) is 4.46. The largest absolute Gasteiger partial charge is 0.496 e. The highest BCUT2D eigenvalue weighted by atomic mass is 16.5. The van der Waals surface area contributed by atoms with Gasteiger partial charge in [-0.25, -0.2) is 0 Å². The molecule has 0 aromatic heterocycles. The van der Waals surface area contributed by atoms with Crippen molar-refractivity contribution in [2.24, 2.45) is 5.92 Å². The van der Waals surface area contributed by atoms with Gasteiger partial charge in [0.2, 0.25) is 0 Å². The zero-order chi connectivity index (χ0) is 8.89. The van der Waals surface area contributed by atoms with Gasteiger partial charge in [-0.3, -0.25) is 0 Å². The van der Waals surface area contributed by atoms with E-state index in [9.17, 15) is 0 Å². The molecule has 0 aliphatic heterocycles. The predicted molar refractivity (Wildman–Crippen MR) is 52.0 cm³/mol. The molecule has 3 saturated carbocycles. The van der Waals surface area contributed by atoms with E-state index >= 15 is 0 Å². The molecular weight excluding hydrogens is 160 g/mol. The van der Waals surface area contributed by atoms with Gasteiger partial charge in [0, 0.05) is 5.56 Å². The highest BCUT2D eigenvalue weighted by Crippen LogP contribution is 2.66. The fourth-order valence-electron chi connectivity index (χ4n) is 2.89. The third-order valence-corrected chi connectivity index (χ3v) is 3.72. The minimum Gasteiger partial charge on any atom is -0.496 e. The van der Waals surface area contributed by atoms with E-state index < -0.39 is 0 Å². The molecule has 3 aliphatic carbocycles. The van der Waals surface area contributed by atoms with Crippen molar-refractivity contribution in [3.8, 4) is 5.75 Å². The van der Waals surface area contributed by atoms with Crippen LogP contribution in [0.4, 0.5) is 0 Å². The van der Waals surface area contributed by atoms with Gasteiger partial charge >= 0.3 is 0 Å². The smallest absolute Gasteiger partial charge is 0.122 e. The van der Waals surface area contributed by atoms with E-state index in [1.807, 2.05) is 6.07 Å². The van der Waals surface area contributed by atoms with Crippen molar-refractivity contribution in [3.05, 3.63) is 29.8 Å². The maximum Gasteiger partial charge on any atom is 0.122 e. The Bertz CT molecular complexity index is 326. The summed E-state index contributed by atoms with van der Waals surface area (Å²) >= 11 is 0.